The van der Waals surface area contributed by atoms with Gasteiger partial charge in [-0.2, -0.15) is 0 Å². The van der Waals surface area contributed by atoms with Crippen LogP contribution in [-0.2, 0) is 0 Å². The Kier molecular flexibility index (Phi) is 4.79. The molecule has 0 spiro atoms. The molecule has 0 bridgehead atoms. The van der Waals surface area contributed by atoms with Crippen LogP contribution in [0.4, 0.5) is 0 Å². The van der Waals surface area contributed by atoms with E-state index in [1.165, 1.54) is 17.3 Å². The van der Waals surface area contributed by atoms with E-state index < -0.39 is 6.10 Å². The molecule has 0 radical (unpaired) electrons. The second kappa shape index (κ2) is 6.98. The molecular weight excluding hydrogens is 306 g/mol. The van der Waals surface area contributed by atoms with Gasteiger partial charge in [-0.1, -0.05) is 54.2 Å². The van der Waals surface area contributed by atoms with Crippen molar-refractivity contribution in [1.29, 1.82) is 0 Å². The lowest BCUT2D eigenvalue weighted by Crippen LogP contribution is -2.03. The number of hydrogen-bond donors (Lipinski definition) is 1. The average Bonchev–Trinajstić information content (AvgIpc) is 2.94. The van der Waals surface area contributed by atoms with Crippen LogP contribution in [0.2, 0.25) is 0 Å². The van der Waals surface area contributed by atoms with Gasteiger partial charge in [-0.3, -0.25) is 4.57 Å². The lowest BCUT2D eigenvalue weighted by Gasteiger charge is -2.12. The smallest absolute Gasteiger partial charge is 0.195 e. The van der Waals surface area contributed by atoms with Crippen molar-refractivity contribution in [2.24, 2.45) is 0 Å². The Hall–Kier alpha value is -2.11. The van der Waals surface area contributed by atoms with Crippen LogP contribution in [0.25, 0.3) is 5.69 Å². The maximum absolute atomic E-state index is 10.3. The van der Waals surface area contributed by atoms with Gasteiger partial charge < -0.3 is 5.11 Å². The Morgan fingerprint density at radius 1 is 1.04 bits per heavy atom. The molecule has 0 aliphatic heterocycles. The van der Waals surface area contributed by atoms with E-state index in [0.717, 1.165) is 22.2 Å². The lowest BCUT2D eigenvalue weighted by atomic mass is 10.1. The molecule has 1 atom stereocenters. The van der Waals surface area contributed by atoms with Crippen LogP contribution >= 0.6 is 11.8 Å². The number of aliphatic hydroxyl groups is 1. The van der Waals surface area contributed by atoms with Crippen molar-refractivity contribution in [3.05, 3.63) is 71.5 Å². The first kappa shape index (κ1) is 15.8. The van der Waals surface area contributed by atoms with Gasteiger partial charge in [0.15, 0.2) is 5.16 Å². The zero-order valence-corrected chi connectivity index (χ0v) is 14.0. The maximum atomic E-state index is 10.3. The van der Waals surface area contributed by atoms with Crippen molar-refractivity contribution < 1.29 is 5.11 Å². The van der Waals surface area contributed by atoms with E-state index in [2.05, 4.69) is 29.3 Å². The quantitative estimate of drug-likeness (QED) is 0.727. The third-order valence-electron chi connectivity index (χ3n) is 3.61. The molecular formula is C18H19N3OS. The van der Waals surface area contributed by atoms with E-state index >= 15 is 0 Å². The van der Waals surface area contributed by atoms with Gasteiger partial charge in [-0.25, -0.2) is 0 Å². The van der Waals surface area contributed by atoms with Gasteiger partial charge in [-0.15, -0.1) is 10.2 Å². The summed E-state index contributed by atoms with van der Waals surface area (Å²) in [5.74, 6) is 1.38. The largest absolute Gasteiger partial charge is 0.388 e. The monoisotopic (exact) mass is 325 g/mol. The molecule has 0 aliphatic rings. The Labute approximate surface area is 140 Å². The van der Waals surface area contributed by atoms with Gasteiger partial charge >= 0.3 is 0 Å². The van der Waals surface area contributed by atoms with E-state index in [1.54, 1.807) is 0 Å². The number of aromatic nitrogens is 3. The fourth-order valence-electron chi connectivity index (χ4n) is 2.43. The summed E-state index contributed by atoms with van der Waals surface area (Å²) in [6.45, 7) is 4.00. The number of hydrogen-bond acceptors (Lipinski definition) is 4. The van der Waals surface area contributed by atoms with Gasteiger partial charge in [0.2, 0.25) is 0 Å². The van der Waals surface area contributed by atoms with Gasteiger partial charge in [-0.05, 0) is 37.1 Å². The van der Waals surface area contributed by atoms with Gasteiger partial charge in [0, 0.05) is 11.4 Å². The molecule has 0 unspecified atom stereocenters. The third-order valence-corrected chi connectivity index (χ3v) is 4.61. The highest BCUT2D eigenvalue weighted by atomic mass is 32.2. The van der Waals surface area contributed by atoms with Crippen LogP contribution in [0.15, 0.2) is 59.8 Å². The Balaban J connectivity index is 1.79. The predicted octanol–water partition coefficient (Wildman–Crippen LogP) is 3.71. The predicted molar refractivity (Wildman–Crippen MR) is 93.0 cm³/mol. The molecule has 0 aliphatic carbocycles. The van der Waals surface area contributed by atoms with Gasteiger partial charge in [0.25, 0.3) is 0 Å². The molecule has 1 heterocycles. The molecule has 0 fully saturated rings. The molecule has 0 saturated carbocycles. The zero-order valence-electron chi connectivity index (χ0n) is 13.2. The van der Waals surface area contributed by atoms with Crippen LogP contribution in [0.3, 0.4) is 0 Å². The highest BCUT2D eigenvalue weighted by molar-refractivity contribution is 7.99. The number of nitrogens with zero attached hydrogens (tertiary/aromatic N) is 3. The van der Waals surface area contributed by atoms with Crippen molar-refractivity contribution in [2.45, 2.75) is 25.1 Å². The van der Waals surface area contributed by atoms with E-state index in [0.29, 0.717) is 5.75 Å². The molecule has 3 rings (SSSR count). The normalized spacial score (nSPS) is 12.3. The maximum Gasteiger partial charge on any atom is 0.195 e. The fourth-order valence-corrected chi connectivity index (χ4v) is 3.39. The van der Waals surface area contributed by atoms with Crippen LogP contribution < -0.4 is 0 Å². The van der Waals surface area contributed by atoms with Crippen LogP contribution in [0.1, 0.15) is 23.1 Å². The molecule has 23 heavy (non-hydrogen) atoms. The molecule has 118 valence electrons. The summed E-state index contributed by atoms with van der Waals surface area (Å²) in [4.78, 5) is 0. The van der Waals surface area contributed by atoms with Crippen molar-refractivity contribution in [1.82, 2.24) is 14.8 Å². The second-order valence-electron chi connectivity index (χ2n) is 5.44. The van der Waals surface area contributed by atoms with Crippen LogP contribution in [0, 0.1) is 13.8 Å². The zero-order chi connectivity index (χ0) is 16.2. The van der Waals surface area contributed by atoms with E-state index in [1.807, 2.05) is 54.0 Å². The molecule has 0 saturated heterocycles. The van der Waals surface area contributed by atoms with Crippen molar-refractivity contribution >= 4 is 11.8 Å². The molecule has 1 N–H and O–H groups in total. The highest BCUT2D eigenvalue weighted by Gasteiger charge is 2.14. The first-order valence-electron chi connectivity index (χ1n) is 7.50. The van der Waals surface area contributed by atoms with E-state index in [-0.39, 0.29) is 0 Å². The summed E-state index contributed by atoms with van der Waals surface area (Å²) in [6.07, 6.45) is -0.524. The summed E-state index contributed by atoms with van der Waals surface area (Å²) >= 11 is 1.51. The van der Waals surface area contributed by atoms with Crippen molar-refractivity contribution in [3.63, 3.8) is 0 Å². The molecule has 2 aromatic carbocycles. The molecule has 0 amide bonds. The second-order valence-corrected chi connectivity index (χ2v) is 6.43. The third kappa shape index (κ3) is 3.63. The van der Waals surface area contributed by atoms with Gasteiger partial charge in [0.05, 0.1) is 6.10 Å². The average molecular weight is 325 g/mol. The SMILES string of the molecule is Cc1cccc(-n2c(C)nnc2SC[C@H](O)c2ccccc2)c1. The topological polar surface area (TPSA) is 50.9 Å². The number of aliphatic hydroxyl groups excluding tert-OH is 1. The minimum Gasteiger partial charge on any atom is -0.388 e. The Morgan fingerprint density at radius 2 is 1.83 bits per heavy atom. The van der Waals surface area contributed by atoms with Gasteiger partial charge in [0.1, 0.15) is 5.82 Å². The number of thioether (sulfide) groups is 1. The molecule has 3 aromatic rings. The van der Waals surface area contributed by atoms with Crippen molar-refractivity contribution in [2.75, 3.05) is 5.75 Å². The number of rotatable bonds is 5. The first-order valence-corrected chi connectivity index (χ1v) is 8.48. The summed E-state index contributed by atoms with van der Waals surface area (Å²) in [7, 11) is 0. The summed E-state index contributed by atoms with van der Waals surface area (Å²) < 4.78 is 2.02. The fraction of sp³-hybridized carbons (Fsp3) is 0.222. The summed E-state index contributed by atoms with van der Waals surface area (Å²) in [5.41, 5.74) is 3.15. The molecule has 4 nitrogen and oxygen atoms in total. The minimum atomic E-state index is -0.524. The first-order chi connectivity index (χ1) is 11.1. The highest BCUT2D eigenvalue weighted by Crippen LogP contribution is 2.26. The number of aryl methyl sites for hydroxylation is 2. The van der Waals surface area contributed by atoms with Crippen LogP contribution in [0.5, 0.6) is 0 Å². The Morgan fingerprint density at radius 3 is 2.57 bits per heavy atom. The minimum absolute atomic E-state index is 0.524. The lowest BCUT2D eigenvalue weighted by molar-refractivity contribution is 0.204. The van der Waals surface area contributed by atoms with E-state index in [4.69, 9.17) is 0 Å². The van der Waals surface area contributed by atoms with Crippen molar-refractivity contribution in [3.8, 4) is 5.69 Å². The summed E-state index contributed by atoms with van der Waals surface area (Å²) in [6, 6.07) is 17.9. The molecule has 5 heteroatoms. The summed E-state index contributed by atoms with van der Waals surface area (Å²) in [5, 5.41) is 19.5. The molecule has 1 aromatic heterocycles. The van der Waals surface area contributed by atoms with E-state index in [9.17, 15) is 5.11 Å². The number of benzene rings is 2. The van der Waals surface area contributed by atoms with Crippen LogP contribution in [-0.4, -0.2) is 25.6 Å². The standard InChI is InChI=1S/C18H19N3OS/c1-13-7-6-10-16(11-13)21-14(2)19-20-18(21)23-12-17(22)15-8-4-3-5-9-15/h3-11,17,22H,12H2,1-2H3/t17-/m0/s1. The Bertz CT molecular complexity index is 786.